The van der Waals surface area contributed by atoms with Crippen LogP contribution in [0.15, 0.2) is 72.3 Å². The first-order valence-electron chi connectivity index (χ1n) is 10.1. The zero-order valence-corrected chi connectivity index (χ0v) is 18.9. The zero-order valence-electron chi connectivity index (χ0n) is 18.2. The van der Waals surface area contributed by atoms with Gasteiger partial charge in [0.2, 0.25) is 0 Å². The second-order valence-electron chi connectivity index (χ2n) is 7.30. The Hall–Kier alpha value is -4.08. The van der Waals surface area contributed by atoms with Gasteiger partial charge < -0.3 is 15.4 Å². The lowest BCUT2D eigenvalue weighted by Crippen LogP contribution is -2.20. The van der Waals surface area contributed by atoms with Crippen molar-refractivity contribution in [1.82, 2.24) is 0 Å². The van der Waals surface area contributed by atoms with Crippen molar-refractivity contribution in [3.8, 4) is 11.8 Å². The van der Waals surface area contributed by atoms with Gasteiger partial charge in [0.15, 0.2) is 6.61 Å². The van der Waals surface area contributed by atoms with Crippen LogP contribution in [0.1, 0.15) is 16.7 Å². The van der Waals surface area contributed by atoms with Gasteiger partial charge in [-0.15, -0.1) is 0 Å². The fourth-order valence-corrected chi connectivity index (χ4v) is 3.25. The first-order chi connectivity index (χ1) is 15.9. The molecule has 33 heavy (non-hydrogen) atoms. The lowest BCUT2D eigenvalue weighted by atomic mass is 10.1. The van der Waals surface area contributed by atoms with E-state index in [-0.39, 0.29) is 12.2 Å². The van der Waals surface area contributed by atoms with Gasteiger partial charge >= 0.3 is 0 Å². The molecule has 0 aliphatic rings. The summed E-state index contributed by atoms with van der Waals surface area (Å²) in [5.41, 5.74) is 3.49. The van der Waals surface area contributed by atoms with Crippen LogP contribution >= 0.6 is 11.6 Å². The van der Waals surface area contributed by atoms with E-state index in [1.807, 2.05) is 32.0 Å². The molecule has 7 heteroatoms. The maximum atomic E-state index is 12.7. The van der Waals surface area contributed by atoms with E-state index in [2.05, 4.69) is 10.6 Å². The maximum Gasteiger partial charge on any atom is 0.266 e. The van der Waals surface area contributed by atoms with Crippen LogP contribution in [0.25, 0.3) is 6.08 Å². The number of anilines is 2. The van der Waals surface area contributed by atoms with Crippen molar-refractivity contribution >= 4 is 40.9 Å². The van der Waals surface area contributed by atoms with E-state index in [1.54, 1.807) is 54.6 Å². The van der Waals surface area contributed by atoms with Crippen LogP contribution in [0.2, 0.25) is 5.02 Å². The quantitative estimate of drug-likeness (QED) is 0.359. The number of benzene rings is 3. The molecule has 0 heterocycles. The van der Waals surface area contributed by atoms with Gasteiger partial charge in [-0.25, -0.2) is 0 Å². The molecule has 0 radical (unpaired) electrons. The highest BCUT2D eigenvalue weighted by molar-refractivity contribution is 6.33. The van der Waals surface area contributed by atoms with Crippen LogP contribution in [0, 0.1) is 25.2 Å². The predicted octanol–water partition coefficient (Wildman–Crippen LogP) is 5.52. The molecule has 0 saturated heterocycles. The summed E-state index contributed by atoms with van der Waals surface area (Å²) >= 11 is 6.06. The number of para-hydroxylation sites is 2. The Labute approximate surface area is 197 Å². The molecule has 0 atom stereocenters. The summed E-state index contributed by atoms with van der Waals surface area (Å²) < 4.78 is 5.65. The number of carbonyl (C=O) groups excluding carboxylic acids is 2. The minimum Gasteiger partial charge on any atom is -0.483 e. The lowest BCUT2D eigenvalue weighted by Gasteiger charge is -2.11. The molecule has 6 nitrogen and oxygen atoms in total. The molecule has 0 aliphatic heterocycles. The summed E-state index contributed by atoms with van der Waals surface area (Å²) in [5.74, 6) is -0.565. The van der Waals surface area contributed by atoms with Gasteiger partial charge in [-0.2, -0.15) is 5.26 Å². The van der Waals surface area contributed by atoms with Crippen molar-refractivity contribution < 1.29 is 14.3 Å². The van der Waals surface area contributed by atoms with Gasteiger partial charge in [-0.05, 0) is 49.8 Å². The van der Waals surface area contributed by atoms with Gasteiger partial charge in [0.25, 0.3) is 11.8 Å². The normalized spacial score (nSPS) is 10.8. The van der Waals surface area contributed by atoms with E-state index in [4.69, 9.17) is 16.3 Å². The van der Waals surface area contributed by atoms with Crippen molar-refractivity contribution in [2.24, 2.45) is 0 Å². The first-order valence-corrected chi connectivity index (χ1v) is 10.5. The molecule has 3 aromatic rings. The summed E-state index contributed by atoms with van der Waals surface area (Å²) in [5, 5.41) is 15.4. The molecule has 0 aromatic heterocycles. The smallest absolute Gasteiger partial charge is 0.266 e. The van der Waals surface area contributed by atoms with E-state index in [9.17, 15) is 14.9 Å². The van der Waals surface area contributed by atoms with Crippen LogP contribution in [-0.2, 0) is 9.59 Å². The highest BCUT2D eigenvalue weighted by Gasteiger charge is 2.13. The van der Waals surface area contributed by atoms with Crippen molar-refractivity contribution in [2.75, 3.05) is 17.2 Å². The molecular formula is C26H22ClN3O3. The average Bonchev–Trinajstić information content (AvgIpc) is 2.80. The second-order valence-corrected chi connectivity index (χ2v) is 7.70. The summed E-state index contributed by atoms with van der Waals surface area (Å²) in [4.78, 5) is 24.9. The number of ether oxygens (including phenoxy) is 1. The Morgan fingerprint density at radius 3 is 2.45 bits per heavy atom. The number of amides is 2. The molecular weight excluding hydrogens is 438 g/mol. The van der Waals surface area contributed by atoms with Gasteiger partial charge in [0.05, 0.1) is 10.7 Å². The molecule has 2 amide bonds. The van der Waals surface area contributed by atoms with E-state index in [0.717, 1.165) is 11.1 Å². The number of nitrogens with one attached hydrogen (secondary N) is 2. The zero-order chi connectivity index (χ0) is 23.8. The highest BCUT2D eigenvalue weighted by atomic mass is 35.5. The second kappa shape index (κ2) is 11.0. The average molecular weight is 460 g/mol. The van der Waals surface area contributed by atoms with Crippen LogP contribution in [-0.4, -0.2) is 18.4 Å². The predicted molar refractivity (Wildman–Crippen MR) is 130 cm³/mol. The molecule has 2 N–H and O–H groups in total. The van der Waals surface area contributed by atoms with Crippen molar-refractivity contribution in [3.63, 3.8) is 0 Å². The Morgan fingerprint density at radius 1 is 1.00 bits per heavy atom. The fourth-order valence-electron chi connectivity index (χ4n) is 3.07. The Bertz CT molecular complexity index is 1260. The molecule has 0 fully saturated rings. The van der Waals surface area contributed by atoms with E-state index in [1.165, 1.54) is 6.08 Å². The summed E-state index contributed by atoms with van der Waals surface area (Å²) in [6.45, 7) is 3.58. The number of hydrogen-bond donors (Lipinski definition) is 2. The van der Waals surface area contributed by atoms with Gasteiger partial charge in [-0.1, -0.05) is 59.6 Å². The van der Waals surface area contributed by atoms with E-state index >= 15 is 0 Å². The Balaban J connectivity index is 1.72. The molecule has 0 spiro atoms. The van der Waals surface area contributed by atoms with Crippen LogP contribution < -0.4 is 15.4 Å². The molecule has 3 rings (SSSR count). The SMILES string of the molecule is Cc1ccc(NC(=O)/C(C#N)=C/c2ccccc2OCC(=O)Nc2ccccc2Cl)c(C)c1. The molecule has 166 valence electrons. The summed E-state index contributed by atoms with van der Waals surface area (Å²) in [7, 11) is 0. The third-order valence-corrected chi connectivity index (χ3v) is 5.05. The minimum atomic E-state index is -0.532. The minimum absolute atomic E-state index is 0.0912. The maximum absolute atomic E-state index is 12.7. The lowest BCUT2D eigenvalue weighted by molar-refractivity contribution is -0.118. The summed E-state index contributed by atoms with van der Waals surface area (Å²) in [6, 6.07) is 21.3. The Kier molecular flexibility index (Phi) is 7.85. The van der Waals surface area contributed by atoms with Gasteiger partial charge in [-0.3, -0.25) is 9.59 Å². The number of hydrogen-bond acceptors (Lipinski definition) is 4. The largest absolute Gasteiger partial charge is 0.483 e. The molecule has 0 bridgehead atoms. The number of carbonyl (C=O) groups is 2. The highest BCUT2D eigenvalue weighted by Crippen LogP contribution is 2.23. The van der Waals surface area contributed by atoms with Crippen molar-refractivity contribution in [3.05, 3.63) is 94.0 Å². The molecule has 3 aromatic carbocycles. The van der Waals surface area contributed by atoms with Crippen LogP contribution in [0.4, 0.5) is 11.4 Å². The summed E-state index contributed by atoms with van der Waals surface area (Å²) in [6.07, 6.45) is 1.43. The molecule has 0 aliphatic carbocycles. The Morgan fingerprint density at radius 2 is 1.73 bits per heavy atom. The van der Waals surface area contributed by atoms with Crippen molar-refractivity contribution in [2.45, 2.75) is 13.8 Å². The molecule has 0 unspecified atom stereocenters. The number of rotatable bonds is 7. The third kappa shape index (κ3) is 6.45. The standard InChI is InChI=1S/C26H22ClN3O3/c1-17-11-12-22(18(2)13-17)30-26(32)20(15-28)14-19-7-3-6-10-24(19)33-16-25(31)29-23-9-5-4-8-21(23)27/h3-14H,16H2,1-2H3,(H,29,31)(H,30,32)/b20-14+. The number of nitriles is 1. The van der Waals surface area contributed by atoms with Crippen LogP contribution in [0.3, 0.4) is 0 Å². The van der Waals surface area contributed by atoms with Crippen LogP contribution in [0.5, 0.6) is 5.75 Å². The first kappa shape index (κ1) is 23.6. The topological polar surface area (TPSA) is 91.2 Å². The van der Waals surface area contributed by atoms with E-state index < -0.39 is 11.8 Å². The van der Waals surface area contributed by atoms with Crippen molar-refractivity contribution in [1.29, 1.82) is 5.26 Å². The number of aryl methyl sites for hydroxylation is 2. The van der Waals surface area contributed by atoms with Gasteiger partial charge in [0.1, 0.15) is 17.4 Å². The van der Waals surface area contributed by atoms with Gasteiger partial charge in [0, 0.05) is 11.3 Å². The monoisotopic (exact) mass is 459 g/mol. The number of nitrogens with zero attached hydrogens (tertiary/aromatic N) is 1. The fraction of sp³-hybridized carbons (Fsp3) is 0.115. The molecule has 0 saturated carbocycles. The number of halogens is 1. The third-order valence-electron chi connectivity index (χ3n) is 4.72. The van der Waals surface area contributed by atoms with E-state index in [0.29, 0.717) is 27.7 Å².